The third kappa shape index (κ3) is 4.16. The van der Waals surface area contributed by atoms with Gasteiger partial charge < -0.3 is 14.4 Å². The fourth-order valence-electron chi connectivity index (χ4n) is 4.83. The van der Waals surface area contributed by atoms with Crippen LogP contribution in [0.1, 0.15) is 45.4 Å². The van der Waals surface area contributed by atoms with Crippen LogP contribution < -0.4 is 0 Å². The Morgan fingerprint density at radius 1 is 1.07 bits per heavy atom. The summed E-state index contributed by atoms with van der Waals surface area (Å²) in [5.74, 6) is 2.05. The molecule has 0 spiro atoms. The zero-order valence-corrected chi connectivity index (χ0v) is 17.6. The number of fused-ring (bicyclic) bond motifs is 1. The number of amides is 2. The predicted molar refractivity (Wildman–Crippen MR) is 113 cm³/mol. The molecular formula is C23H32N4O2. The molecule has 0 N–H and O–H groups in total. The SMILES string of the molecule is CCc1nc2ccccc2n1CC(=O)N1CCC(C(=O)N2CCCC(C)C2)CC1. The molecule has 1 atom stereocenters. The molecule has 6 heteroatoms. The molecule has 0 bridgehead atoms. The van der Waals surface area contributed by atoms with Gasteiger partial charge in [0.25, 0.3) is 0 Å². The number of likely N-dealkylation sites (tertiary alicyclic amines) is 2. The fourth-order valence-corrected chi connectivity index (χ4v) is 4.83. The lowest BCUT2D eigenvalue weighted by Crippen LogP contribution is -2.47. The summed E-state index contributed by atoms with van der Waals surface area (Å²) < 4.78 is 2.05. The number of benzene rings is 1. The van der Waals surface area contributed by atoms with Gasteiger partial charge in [-0.1, -0.05) is 26.0 Å². The summed E-state index contributed by atoms with van der Waals surface area (Å²) in [5.41, 5.74) is 1.96. The van der Waals surface area contributed by atoms with Crippen molar-refractivity contribution in [2.45, 2.75) is 52.5 Å². The highest BCUT2D eigenvalue weighted by molar-refractivity contribution is 5.82. The Balaban J connectivity index is 1.37. The number of nitrogens with zero attached hydrogens (tertiary/aromatic N) is 4. The molecule has 2 aromatic rings. The average molecular weight is 397 g/mol. The number of hydrogen-bond acceptors (Lipinski definition) is 3. The first-order valence-electron chi connectivity index (χ1n) is 11.1. The molecule has 0 radical (unpaired) electrons. The number of hydrogen-bond donors (Lipinski definition) is 0. The fraction of sp³-hybridized carbons (Fsp3) is 0.609. The molecular weight excluding hydrogens is 364 g/mol. The highest BCUT2D eigenvalue weighted by Crippen LogP contribution is 2.24. The van der Waals surface area contributed by atoms with Gasteiger partial charge in [0.05, 0.1) is 11.0 Å². The van der Waals surface area contributed by atoms with Crippen LogP contribution in [0.4, 0.5) is 0 Å². The summed E-state index contributed by atoms with van der Waals surface area (Å²) >= 11 is 0. The van der Waals surface area contributed by atoms with E-state index in [0.717, 1.165) is 55.6 Å². The Kier molecular flexibility index (Phi) is 5.88. The average Bonchev–Trinajstić information content (AvgIpc) is 3.11. The van der Waals surface area contributed by atoms with Crippen molar-refractivity contribution in [2.75, 3.05) is 26.2 Å². The van der Waals surface area contributed by atoms with Gasteiger partial charge in [0, 0.05) is 38.5 Å². The van der Waals surface area contributed by atoms with E-state index in [9.17, 15) is 9.59 Å². The molecule has 2 saturated heterocycles. The molecule has 2 amide bonds. The van der Waals surface area contributed by atoms with Gasteiger partial charge in [-0.25, -0.2) is 4.98 Å². The maximum Gasteiger partial charge on any atom is 0.242 e. The van der Waals surface area contributed by atoms with Gasteiger partial charge in [0.2, 0.25) is 11.8 Å². The van der Waals surface area contributed by atoms with Crippen LogP contribution in [0, 0.1) is 11.8 Å². The number of rotatable bonds is 4. The Morgan fingerprint density at radius 2 is 1.83 bits per heavy atom. The molecule has 4 rings (SSSR count). The summed E-state index contributed by atoms with van der Waals surface area (Å²) in [7, 11) is 0. The van der Waals surface area contributed by atoms with E-state index >= 15 is 0 Å². The van der Waals surface area contributed by atoms with Gasteiger partial charge in [-0.05, 0) is 43.7 Å². The number of aryl methyl sites for hydroxylation is 1. The Labute approximate surface area is 172 Å². The topological polar surface area (TPSA) is 58.4 Å². The largest absolute Gasteiger partial charge is 0.342 e. The Bertz CT molecular complexity index is 882. The molecule has 1 aromatic carbocycles. The van der Waals surface area contributed by atoms with Gasteiger partial charge in [-0.2, -0.15) is 0 Å². The summed E-state index contributed by atoms with van der Waals surface area (Å²) in [6.07, 6.45) is 4.69. The van der Waals surface area contributed by atoms with Crippen LogP contribution in [0.2, 0.25) is 0 Å². The van der Waals surface area contributed by atoms with Crippen LogP contribution in [-0.2, 0) is 22.6 Å². The van der Waals surface area contributed by atoms with Crippen molar-refractivity contribution >= 4 is 22.8 Å². The quantitative estimate of drug-likeness (QED) is 0.798. The summed E-state index contributed by atoms with van der Waals surface area (Å²) in [6, 6.07) is 7.99. The lowest BCUT2D eigenvalue weighted by atomic mass is 9.92. The van der Waals surface area contributed by atoms with E-state index in [1.807, 2.05) is 33.7 Å². The first kappa shape index (κ1) is 19.9. The minimum atomic E-state index is 0.0737. The van der Waals surface area contributed by atoms with E-state index in [1.54, 1.807) is 0 Å². The number of para-hydroxylation sites is 2. The lowest BCUT2D eigenvalue weighted by molar-refractivity contribution is -0.142. The minimum Gasteiger partial charge on any atom is -0.342 e. The third-order valence-electron chi connectivity index (χ3n) is 6.51. The second-order valence-corrected chi connectivity index (χ2v) is 8.64. The van der Waals surface area contributed by atoms with E-state index in [0.29, 0.717) is 31.5 Å². The zero-order chi connectivity index (χ0) is 20.4. The van der Waals surface area contributed by atoms with E-state index < -0.39 is 0 Å². The van der Waals surface area contributed by atoms with Crippen molar-refractivity contribution in [3.63, 3.8) is 0 Å². The summed E-state index contributed by atoms with van der Waals surface area (Å²) in [6.45, 7) is 7.76. The smallest absolute Gasteiger partial charge is 0.242 e. The van der Waals surface area contributed by atoms with Gasteiger partial charge in [-0.15, -0.1) is 0 Å². The Hall–Kier alpha value is -2.37. The van der Waals surface area contributed by atoms with Crippen molar-refractivity contribution < 1.29 is 9.59 Å². The van der Waals surface area contributed by atoms with Crippen LogP contribution in [0.3, 0.4) is 0 Å². The van der Waals surface area contributed by atoms with Crippen LogP contribution in [0.25, 0.3) is 11.0 Å². The van der Waals surface area contributed by atoms with Crippen LogP contribution in [-0.4, -0.2) is 57.3 Å². The van der Waals surface area contributed by atoms with Gasteiger partial charge in [-0.3, -0.25) is 9.59 Å². The molecule has 3 heterocycles. The maximum atomic E-state index is 13.0. The van der Waals surface area contributed by atoms with Crippen molar-refractivity contribution in [3.05, 3.63) is 30.1 Å². The molecule has 2 fully saturated rings. The molecule has 2 aliphatic heterocycles. The van der Waals surface area contributed by atoms with E-state index in [4.69, 9.17) is 0 Å². The van der Waals surface area contributed by atoms with Crippen molar-refractivity contribution in [3.8, 4) is 0 Å². The lowest BCUT2D eigenvalue weighted by Gasteiger charge is -2.37. The van der Waals surface area contributed by atoms with Crippen molar-refractivity contribution in [1.29, 1.82) is 0 Å². The van der Waals surface area contributed by atoms with Crippen LogP contribution in [0.5, 0.6) is 0 Å². The van der Waals surface area contributed by atoms with Gasteiger partial charge >= 0.3 is 0 Å². The highest BCUT2D eigenvalue weighted by Gasteiger charge is 2.32. The van der Waals surface area contributed by atoms with E-state index in [1.165, 1.54) is 6.42 Å². The molecule has 0 aliphatic carbocycles. The number of imidazole rings is 1. The van der Waals surface area contributed by atoms with Crippen LogP contribution >= 0.6 is 0 Å². The molecule has 1 aromatic heterocycles. The summed E-state index contributed by atoms with van der Waals surface area (Å²) in [4.78, 5) is 34.5. The molecule has 2 aliphatic rings. The number of aromatic nitrogens is 2. The Morgan fingerprint density at radius 3 is 2.55 bits per heavy atom. The first-order valence-corrected chi connectivity index (χ1v) is 11.1. The van der Waals surface area contributed by atoms with Gasteiger partial charge in [0.15, 0.2) is 0 Å². The molecule has 156 valence electrons. The van der Waals surface area contributed by atoms with Crippen molar-refractivity contribution in [1.82, 2.24) is 19.4 Å². The molecule has 29 heavy (non-hydrogen) atoms. The van der Waals surface area contributed by atoms with Crippen LogP contribution in [0.15, 0.2) is 24.3 Å². The van der Waals surface area contributed by atoms with Gasteiger partial charge in [0.1, 0.15) is 12.4 Å². The molecule has 0 saturated carbocycles. The third-order valence-corrected chi connectivity index (χ3v) is 6.51. The zero-order valence-electron chi connectivity index (χ0n) is 17.6. The summed E-state index contributed by atoms with van der Waals surface area (Å²) in [5, 5.41) is 0. The standard InChI is InChI=1S/C23H32N4O2/c1-3-21-24-19-8-4-5-9-20(19)27(21)16-22(28)25-13-10-18(11-14-25)23(29)26-12-6-7-17(2)15-26/h4-5,8-9,17-18H,3,6-7,10-16H2,1-2H3. The van der Waals surface area contributed by atoms with Crippen molar-refractivity contribution in [2.24, 2.45) is 11.8 Å². The normalized spacial score (nSPS) is 21.0. The predicted octanol–water partition coefficient (Wildman–Crippen LogP) is 3.10. The second-order valence-electron chi connectivity index (χ2n) is 8.64. The highest BCUT2D eigenvalue weighted by atomic mass is 16.2. The van der Waals surface area contributed by atoms with E-state index in [2.05, 4.69) is 23.7 Å². The number of carbonyl (C=O) groups is 2. The monoisotopic (exact) mass is 396 g/mol. The molecule has 6 nitrogen and oxygen atoms in total. The van der Waals surface area contributed by atoms with E-state index in [-0.39, 0.29) is 11.8 Å². The minimum absolute atomic E-state index is 0.0737. The number of carbonyl (C=O) groups excluding carboxylic acids is 2. The first-order chi connectivity index (χ1) is 14.1. The second kappa shape index (κ2) is 8.56. The maximum absolute atomic E-state index is 13.0. The molecule has 1 unspecified atom stereocenters. The number of piperidine rings is 2.